The van der Waals surface area contributed by atoms with E-state index in [2.05, 4.69) is 17.9 Å². The minimum atomic E-state index is -0.656. The van der Waals surface area contributed by atoms with Crippen molar-refractivity contribution < 1.29 is 9.90 Å². The quantitative estimate of drug-likeness (QED) is 0.862. The van der Waals surface area contributed by atoms with E-state index in [9.17, 15) is 9.90 Å². The number of benzene rings is 1. The number of hydrogen-bond donors (Lipinski definition) is 1. The maximum atomic E-state index is 12.5. The normalized spacial score (nSPS) is 23.9. The molecule has 0 amide bonds. The van der Waals surface area contributed by atoms with Crippen molar-refractivity contribution in [3.8, 4) is 0 Å². The molecule has 1 aliphatic rings. The van der Waals surface area contributed by atoms with E-state index in [1.54, 1.807) is 0 Å². The Kier molecular flexibility index (Phi) is 4.31. The van der Waals surface area contributed by atoms with E-state index in [4.69, 9.17) is 0 Å². The van der Waals surface area contributed by atoms with Gasteiger partial charge in [-0.05, 0) is 69.8 Å². The Hall–Kier alpha value is -1.19. The highest BCUT2D eigenvalue weighted by molar-refractivity contribution is 5.99. The molecule has 0 aliphatic carbocycles. The predicted molar refractivity (Wildman–Crippen MR) is 81.3 cm³/mol. The maximum Gasteiger partial charge on any atom is 0.177 e. The minimum Gasteiger partial charge on any atom is -0.389 e. The summed E-state index contributed by atoms with van der Waals surface area (Å²) >= 11 is 0. The minimum absolute atomic E-state index is 0.156. The van der Waals surface area contributed by atoms with E-state index in [0.717, 1.165) is 36.1 Å². The lowest BCUT2D eigenvalue weighted by atomic mass is 9.94. The molecule has 1 aromatic carbocycles. The molecular formula is C17H25NO2. The van der Waals surface area contributed by atoms with E-state index in [-0.39, 0.29) is 5.78 Å². The number of aliphatic hydroxyl groups is 1. The Morgan fingerprint density at radius 3 is 2.55 bits per heavy atom. The van der Waals surface area contributed by atoms with Crippen molar-refractivity contribution in [1.29, 1.82) is 0 Å². The van der Waals surface area contributed by atoms with Gasteiger partial charge in [-0.3, -0.25) is 9.69 Å². The third kappa shape index (κ3) is 3.47. The molecule has 0 radical (unpaired) electrons. The van der Waals surface area contributed by atoms with Gasteiger partial charge in [0.05, 0.1) is 12.1 Å². The average Bonchev–Trinajstić information content (AvgIpc) is 2.32. The second-order valence-electron chi connectivity index (χ2n) is 6.49. The van der Waals surface area contributed by atoms with Crippen molar-refractivity contribution in [2.24, 2.45) is 0 Å². The molecule has 1 unspecified atom stereocenters. The van der Waals surface area contributed by atoms with E-state index >= 15 is 0 Å². The first kappa shape index (κ1) is 15.2. The first-order chi connectivity index (χ1) is 9.28. The van der Waals surface area contributed by atoms with Crippen LogP contribution in [0.4, 0.5) is 0 Å². The van der Waals surface area contributed by atoms with Gasteiger partial charge in [-0.2, -0.15) is 0 Å². The first-order valence-electron chi connectivity index (χ1n) is 7.34. The summed E-state index contributed by atoms with van der Waals surface area (Å²) in [4.78, 5) is 14.6. The highest BCUT2D eigenvalue weighted by Crippen LogP contribution is 2.21. The van der Waals surface area contributed by atoms with Gasteiger partial charge in [0, 0.05) is 12.1 Å². The van der Waals surface area contributed by atoms with Crippen LogP contribution in [0.15, 0.2) is 12.1 Å². The van der Waals surface area contributed by atoms with Crippen molar-refractivity contribution in [2.75, 3.05) is 19.6 Å². The van der Waals surface area contributed by atoms with Gasteiger partial charge in [-0.1, -0.05) is 6.07 Å². The molecule has 1 N–H and O–H groups in total. The largest absolute Gasteiger partial charge is 0.389 e. The average molecular weight is 275 g/mol. The third-order valence-electron chi connectivity index (χ3n) is 4.26. The smallest absolute Gasteiger partial charge is 0.177 e. The summed E-state index contributed by atoms with van der Waals surface area (Å²) in [6.07, 6.45) is 1.77. The lowest BCUT2D eigenvalue weighted by Gasteiger charge is -2.36. The van der Waals surface area contributed by atoms with Crippen LogP contribution in [0.1, 0.15) is 46.8 Å². The zero-order chi connectivity index (χ0) is 14.9. The lowest BCUT2D eigenvalue weighted by Crippen LogP contribution is -2.47. The standard InChI is InChI=1S/C17H25NO2/c1-12-8-14(3)15(9-13(12)2)16(19)10-18-7-5-6-17(4,20)11-18/h8-9,20H,5-7,10-11H2,1-4H3. The number of piperidine rings is 1. The van der Waals surface area contributed by atoms with Gasteiger partial charge in [0.2, 0.25) is 0 Å². The Bertz CT molecular complexity index is 520. The monoisotopic (exact) mass is 275 g/mol. The molecule has 1 saturated heterocycles. The predicted octanol–water partition coefficient (Wildman–Crippen LogP) is 2.64. The van der Waals surface area contributed by atoms with Crippen LogP contribution >= 0.6 is 0 Å². The van der Waals surface area contributed by atoms with Crippen LogP contribution in [0.2, 0.25) is 0 Å². The molecule has 20 heavy (non-hydrogen) atoms. The van der Waals surface area contributed by atoms with Crippen LogP contribution in [0.3, 0.4) is 0 Å². The zero-order valence-corrected chi connectivity index (χ0v) is 13.0. The number of carbonyl (C=O) groups is 1. The van der Waals surface area contributed by atoms with Gasteiger partial charge in [0.25, 0.3) is 0 Å². The zero-order valence-electron chi connectivity index (χ0n) is 13.0. The molecule has 1 heterocycles. The highest BCUT2D eigenvalue weighted by atomic mass is 16.3. The topological polar surface area (TPSA) is 40.5 Å². The van der Waals surface area contributed by atoms with E-state index < -0.39 is 5.60 Å². The maximum absolute atomic E-state index is 12.5. The van der Waals surface area contributed by atoms with Crippen LogP contribution in [-0.4, -0.2) is 41.0 Å². The summed E-state index contributed by atoms with van der Waals surface area (Å²) in [5, 5.41) is 10.1. The van der Waals surface area contributed by atoms with Crippen LogP contribution in [0.25, 0.3) is 0 Å². The number of ketones is 1. The molecule has 0 spiro atoms. The summed E-state index contributed by atoms with van der Waals surface area (Å²) in [7, 11) is 0. The second kappa shape index (κ2) is 5.66. The number of carbonyl (C=O) groups excluding carboxylic acids is 1. The summed E-state index contributed by atoms with van der Waals surface area (Å²) in [5.74, 6) is 0.156. The van der Waals surface area contributed by atoms with Crippen molar-refractivity contribution in [3.05, 3.63) is 34.4 Å². The molecule has 0 bridgehead atoms. The van der Waals surface area contributed by atoms with Crippen molar-refractivity contribution in [1.82, 2.24) is 4.90 Å². The molecule has 2 rings (SSSR count). The van der Waals surface area contributed by atoms with E-state index in [1.807, 2.05) is 26.8 Å². The summed E-state index contributed by atoms with van der Waals surface area (Å²) in [5.41, 5.74) is 3.58. The van der Waals surface area contributed by atoms with Gasteiger partial charge in [0.1, 0.15) is 0 Å². The molecule has 0 saturated carbocycles. The van der Waals surface area contributed by atoms with Gasteiger partial charge < -0.3 is 5.11 Å². The highest BCUT2D eigenvalue weighted by Gasteiger charge is 2.29. The molecule has 3 nitrogen and oxygen atoms in total. The fraction of sp³-hybridized carbons (Fsp3) is 0.588. The number of nitrogens with zero attached hydrogens (tertiary/aromatic N) is 1. The number of likely N-dealkylation sites (tertiary alicyclic amines) is 1. The van der Waals surface area contributed by atoms with Gasteiger partial charge in [-0.25, -0.2) is 0 Å². The Morgan fingerprint density at radius 2 is 1.90 bits per heavy atom. The number of Topliss-reactive ketones (excluding diaryl/α,β-unsaturated/α-hetero) is 1. The Balaban J connectivity index is 2.11. The summed E-state index contributed by atoms with van der Waals surface area (Å²) < 4.78 is 0. The van der Waals surface area contributed by atoms with Crippen LogP contribution < -0.4 is 0 Å². The third-order valence-corrected chi connectivity index (χ3v) is 4.26. The number of rotatable bonds is 3. The number of hydrogen-bond acceptors (Lipinski definition) is 3. The van der Waals surface area contributed by atoms with Crippen molar-refractivity contribution in [3.63, 3.8) is 0 Å². The molecule has 1 aliphatic heterocycles. The molecule has 3 heteroatoms. The van der Waals surface area contributed by atoms with Crippen molar-refractivity contribution >= 4 is 5.78 Å². The van der Waals surface area contributed by atoms with Gasteiger partial charge in [0.15, 0.2) is 5.78 Å². The fourth-order valence-electron chi connectivity index (χ4n) is 3.01. The molecule has 110 valence electrons. The summed E-state index contributed by atoms with van der Waals surface area (Å²) in [6, 6.07) is 4.07. The summed E-state index contributed by atoms with van der Waals surface area (Å²) in [6.45, 7) is 9.83. The Labute approximate surface area is 121 Å². The van der Waals surface area contributed by atoms with Crippen molar-refractivity contribution in [2.45, 2.75) is 46.1 Å². The second-order valence-corrected chi connectivity index (χ2v) is 6.49. The molecule has 1 fully saturated rings. The molecule has 1 atom stereocenters. The first-order valence-corrected chi connectivity index (χ1v) is 7.34. The van der Waals surface area contributed by atoms with E-state index in [0.29, 0.717) is 13.1 Å². The van der Waals surface area contributed by atoms with Gasteiger partial charge >= 0.3 is 0 Å². The van der Waals surface area contributed by atoms with Crippen LogP contribution in [0.5, 0.6) is 0 Å². The molecule has 0 aromatic heterocycles. The lowest BCUT2D eigenvalue weighted by molar-refractivity contribution is -0.0133. The number of aryl methyl sites for hydroxylation is 3. The SMILES string of the molecule is Cc1cc(C)c(C(=O)CN2CCCC(C)(O)C2)cc1C. The van der Waals surface area contributed by atoms with E-state index in [1.165, 1.54) is 5.56 Å². The molecular weight excluding hydrogens is 250 g/mol. The Morgan fingerprint density at radius 1 is 1.25 bits per heavy atom. The van der Waals surface area contributed by atoms with Crippen LogP contribution in [-0.2, 0) is 0 Å². The number of β-amino-alcohol motifs (C(OH)–C–C–N with tert-alkyl or cyclic N) is 1. The molecule has 1 aromatic rings. The fourth-order valence-corrected chi connectivity index (χ4v) is 3.01. The van der Waals surface area contributed by atoms with Crippen LogP contribution in [0, 0.1) is 20.8 Å². The van der Waals surface area contributed by atoms with Gasteiger partial charge in [-0.15, -0.1) is 0 Å².